The number of nitrogens with zero attached hydrogens (tertiary/aromatic N) is 2. The molecule has 2 heterocycles. The SMILES string of the molecule is COC(=O)N1CCC(C(=O)NC(c2ccccc2)c2ncccc2C)CC1. The summed E-state index contributed by atoms with van der Waals surface area (Å²) in [5, 5.41) is 3.18. The summed E-state index contributed by atoms with van der Waals surface area (Å²) in [5.41, 5.74) is 2.89. The topological polar surface area (TPSA) is 71.5 Å². The van der Waals surface area contributed by atoms with Crippen molar-refractivity contribution in [2.45, 2.75) is 25.8 Å². The van der Waals surface area contributed by atoms with Crippen molar-refractivity contribution < 1.29 is 14.3 Å². The summed E-state index contributed by atoms with van der Waals surface area (Å²) in [6.07, 6.45) is 2.67. The first-order chi connectivity index (χ1) is 13.1. The molecule has 0 radical (unpaired) electrons. The fourth-order valence-electron chi connectivity index (χ4n) is 3.47. The lowest BCUT2D eigenvalue weighted by Gasteiger charge is -2.31. The van der Waals surface area contributed by atoms with E-state index in [1.807, 2.05) is 49.4 Å². The minimum Gasteiger partial charge on any atom is -0.453 e. The van der Waals surface area contributed by atoms with E-state index in [2.05, 4.69) is 10.3 Å². The largest absolute Gasteiger partial charge is 0.453 e. The average molecular weight is 367 g/mol. The third-order valence-corrected chi connectivity index (χ3v) is 5.04. The van der Waals surface area contributed by atoms with E-state index < -0.39 is 0 Å². The molecule has 2 aromatic rings. The number of piperidine rings is 1. The number of benzene rings is 1. The van der Waals surface area contributed by atoms with Crippen molar-refractivity contribution in [1.82, 2.24) is 15.2 Å². The van der Waals surface area contributed by atoms with Gasteiger partial charge in [-0.3, -0.25) is 9.78 Å². The molecule has 1 aromatic carbocycles. The zero-order valence-electron chi connectivity index (χ0n) is 15.7. The molecule has 1 atom stereocenters. The number of methoxy groups -OCH3 is 1. The molecule has 3 rings (SSSR count). The second-order valence-electron chi connectivity index (χ2n) is 6.79. The summed E-state index contributed by atoms with van der Waals surface area (Å²) < 4.78 is 4.76. The van der Waals surface area contributed by atoms with Crippen LogP contribution in [0.15, 0.2) is 48.7 Å². The van der Waals surface area contributed by atoms with Gasteiger partial charge in [-0.15, -0.1) is 0 Å². The van der Waals surface area contributed by atoms with Crippen LogP contribution in [0.4, 0.5) is 4.79 Å². The third-order valence-electron chi connectivity index (χ3n) is 5.04. The standard InChI is InChI=1S/C21H25N3O3/c1-15-7-6-12-22-18(15)19(16-8-4-3-5-9-16)23-20(25)17-10-13-24(14-11-17)21(26)27-2/h3-9,12,17,19H,10-11,13-14H2,1-2H3,(H,23,25). The van der Waals surface area contributed by atoms with Crippen LogP contribution in [-0.2, 0) is 9.53 Å². The predicted molar refractivity (Wildman–Crippen MR) is 102 cm³/mol. The summed E-state index contributed by atoms with van der Waals surface area (Å²) >= 11 is 0. The van der Waals surface area contributed by atoms with E-state index in [9.17, 15) is 9.59 Å². The number of ether oxygens (including phenoxy) is 1. The van der Waals surface area contributed by atoms with Gasteiger partial charge in [0.15, 0.2) is 0 Å². The molecule has 0 spiro atoms. The molecule has 1 fully saturated rings. The number of amides is 2. The molecule has 0 saturated carbocycles. The highest BCUT2D eigenvalue weighted by atomic mass is 16.5. The Balaban J connectivity index is 1.74. The van der Waals surface area contributed by atoms with Gasteiger partial charge in [-0.2, -0.15) is 0 Å². The molecule has 6 nitrogen and oxygen atoms in total. The molecule has 142 valence electrons. The average Bonchev–Trinajstić information content (AvgIpc) is 2.72. The summed E-state index contributed by atoms with van der Waals surface area (Å²) in [4.78, 5) is 30.7. The smallest absolute Gasteiger partial charge is 0.409 e. The molecule has 1 aliphatic rings. The number of aryl methyl sites for hydroxylation is 1. The van der Waals surface area contributed by atoms with Gasteiger partial charge in [-0.05, 0) is 37.0 Å². The molecular weight excluding hydrogens is 342 g/mol. The fraction of sp³-hybridized carbons (Fsp3) is 0.381. The van der Waals surface area contributed by atoms with Gasteiger partial charge >= 0.3 is 6.09 Å². The van der Waals surface area contributed by atoms with Gasteiger partial charge in [0.2, 0.25) is 5.91 Å². The quantitative estimate of drug-likeness (QED) is 0.901. The number of aromatic nitrogens is 1. The Labute approximate surface area is 159 Å². The third kappa shape index (κ3) is 4.45. The maximum Gasteiger partial charge on any atom is 0.409 e. The monoisotopic (exact) mass is 367 g/mol. The molecule has 1 N–H and O–H groups in total. The van der Waals surface area contributed by atoms with Crippen LogP contribution in [0.3, 0.4) is 0 Å². The first-order valence-electron chi connectivity index (χ1n) is 9.20. The van der Waals surface area contributed by atoms with Gasteiger partial charge in [-0.1, -0.05) is 36.4 Å². The Morgan fingerprint density at radius 3 is 2.48 bits per heavy atom. The number of hydrogen-bond acceptors (Lipinski definition) is 4. The first-order valence-corrected chi connectivity index (χ1v) is 9.20. The zero-order valence-corrected chi connectivity index (χ0v) is 15.7. The highest BCUT2D eigenvalue weighted by Gasteiger charge is 2.30. The zero-order chi connectivity index (χ0) is 19.2. The molecule has 1 aromatic heterocycles. The molecule has 6 heteroatoms. The highest BCUT2D eigenvalue weighted by Crippen LogP contribution is 2.25. The summed E-state index contributed by atoms with van der Waals surface area (Å²) in [7, 11) is 1.38. The maximum atomic E-state index is 12.9. The molecule has 1 unspecified atom stereocenters. The Bertz CT molecular complexity index is 786. The Morgan fingerprint density at radius 1 is 1.15 bits per heavy atom. The van der Waals surface area contributed by atoms with Crippen molar-refractivity contribution in [2.75, 3.05) is 20.2 Å². The predicted octanol–water partition coefficient (Wildman–Crippen LogP) is 3.07. The Kier molecular flexibility index (Phi) is 6.06. The van der Waals surface area contributed by atoms with Gasteiger partial charge in [-0.25, -0.2) is 4.79 Å². The lowest BCUT2D eigenvalue weighted by Crippen LogP contribution is -2.44. The van der Waals surface area contributed by atoms with E-state index in [0.29, 0.717) is 25.9 Å². The normalized spacial score (nSPS) is 15.9. The van der Waals surface area contributed by atoms with Crippen LogP contribution in [0.25, 0.3) is 0 Å². The van der Waals surface area contributed by atoms with E-state index in [-0.39, 0.29) is 24.0 Å². The molecule has 0 bridgehead atoms. The number of carbonyl (C=O) groups is 2. The van der Waals surface area contributed by atoms with Crippen molar-refractivity contribution in [3.8, 4) is 0 Å². The van der Waals surface area contributed by atoms with E-state index in [0.717, 1.165) is 16.8 Å². The highest BCUT2D eigenvalue weighted by molar-refractivity contribution is 5.80. The van der Waals surface area contributed by atoms with E-state index in [1.54, 1.807) is 11.1 Å². The molecule has 0 aliphatic carbocycles. The lowest BCUT2D eigenvalue weighted by molar-refractivity contribution is -0.126. The number of pyridine rings is 1. The number of hydrogen-bond donors (Lipinski definition) is 1. The Hall–Kier alpha value is -2.89. The van der Waals surface area contributed by atoms with Gasteiger partial charge in [0, 0.05) is 25.2 Å². The van der Waals surface area contributed by atoms with Crippen molar-refractivity contribution >= 4 is 12.0 Å². The van der Waals surface area contributed by atoms with Crippen LogP contribution in [0.1, 0.15) is 35.7 Å². The molecule has 1 aliphatic heterocycles. The van der Waals surface area contributed by atoms with Gasteiger partial charge < -0.3 is 15.0 Å². The van der Waals surface area contributed by atoms with Gasteiger partial charge in [0.25, 0.3) is 0 Å². The molecule has 27 heavy (non-hydrogen) atoms. The van der Waals surface area contributed by atoms with Crippen molar-refractivity contribution in [2.24, 2.45) is 5.92 Å². The summed E-state index contributed by atoms with van der Waals surface area (Å²) in [6, 6.07) is 13.5. The van der Waals surface area contributed by atoms with Crippen LogP contribution in [-0.4, -0.2) is 42.1 Å². The van der Waals surface area contributed by atoms with Crippen molar-refractivity contribution in [1.29, 1.82) is 0 Å². The van der Waals surface area contributed by atoms with E-state index >= 15 is 0 Å². The van der Waals surface area contributed by atoms with Gasteiger partial charge in [0.1, 0.15) is 0 Å². The number of rotatable bonds is 4. The molecule has 2 amide bonds. The molecular formula is C21H25N3O3. The lowest BCUT2D eigenvalue weighted by atomic mass is 9.94. The fourth-order valence-corrected chi connectivity index (χ4v) is 3.47. The van der Waals surface area contributed by atoms with Crippen LogP contribution < -0.4 is 5.32 Å². The van der Waals surface area contributed by atoms with Crippen molar-refractivity contribution in [3.05, 3.63) is 65.5 Å². The van der Waals surface area contributed by atoms with Crippen LogP contribution in [0, 0.1) is 12.8 Å². The van der Waals surface area contributed by atoms with Crippen molar-refractivity contribution in [3.63, 3.8) is 0 Å². The van der Waals surface area contributed by atoms with Gasteiger partial charge in [0.05, 0.1) is 18.8 Å². The Morgan fingerprint density at radius 2 is 1.85 bits per heavy atom. The first kappa shape index (κ1) is 18.9. The van der Waals surface area contributed by atoms with Crippen LogP contribution in [0.2, 0.25) is 0 Å². The second-order valence-corrected chi connectivity index (χ2v) is 6.79. The number of likely N-dealkylation sites (tertiary alicyclic amines) is 1. The number of carbonyl (C=O) groups excluding carboxylic acids is 2. The van der Waals surface area contributed by atoms with Crippen LogP contribution >= 0.6 is 0 Å². The van der Waals surface area contributed by atoms with E-state index in [4.69, 9.17) is 4.74 Å². The van der Waals surface area contributed by atoms with E-state index in [1.165, 1.54) is 7.11 Å². The maximum absolute atomic E-state index is 12.9. The van der Waals surface area contributed by atoms with Crippen LogP contribution in [0.5, 0.6) is 0 Å². The summed E-state index contributed by atoms with van der Waals surface area (Å²) in [5.74, 6) is -0.125. The number of nitrogens with one attached hydrogen (secondary N) is 1. The molecule has 1 saturated heterocycles. The minimum absolute atomic E-state index is 0.00146. The summed E-state index contributed by atoms with van der Waals surface area (Å²) in [6.45, 7) is 3.06. The minimum atomic E-state index is -0.333. The second kappa shape index (κ2) is 8.66.